The van der Waals surface area contributed by atoms with Gasteiger partial charge in [0.2, 0.25) is 15.9 Å². The maximum Gasteiger partial charge on any atom is 0.245 e. The summed E-state index contributed by atoms with van der Waals surface area (Å²) >= 11 is 6.05. The zero-order valence-electron chi connectivity index (χ0n) is 18.6. The Morgan fingerprint density at radius 1 is 1.18 bits per heavy atom. The number of rotatable bonds is 11. The standard InChI is InChI=1S/C23H30ClN3O5S/c1-2-32-21-9-8-19(24)17-22(21)33(29,30)26-20(16-18-6-4-3-5-7-18)23(28)25-10-11-27-12-14-31-15-13-27/h3-9,17,20,26H,2,10-16H2,1H3,(H,25,28). The third kappa shape index (κ3) is 7.68. The summed E-state index contributed by atoms with van der Waals surface area (Å²) in [6.07, 6.45) is 0.202. The molecule has 1 amide bonds. The minimum absolute atomic E-state index is 0.101. The second-order valence-corrected chi connectivity index (χ2v) is 9.75. The van der Waals surface area contributed by atoms with Gasteiger partial charge in [-0.25, -0.2) is 8.42 Å². The Morgan fingerprint density at radius 2 is 1.91 bits per heavy atom. The SMILES string of the molecule is CCOc1ccc(Cl)cc1S(=O)(=O)NC(Cc1ccccc1)C(=O)NCCN1CCOCC1. The predicted octanol–water partition coefficient (Wildman–Crippen LogP) is 2.08. The van der Waals surface area contributed by atoms with Crippen molar-refractivity contribution < 1.29 is 22.7 Å². The molecule has 8 nitrogen and oxygen atoms in total. The Morgan fingerprint density at radius 3 is 2.61 bits per heavy atom. The highest BCUT2D eigenvalue weighted by Crippen LogP contribution is 2.27. The lowest BCUT2D eigenvalue weighted by molar-refractivity contribution is -0.122. The number of amides is 1. The normalized spacial score (nSPS) is 15.7. The van der Waals surface area contributed by atoms with Crippen molar-refractivity contribution in [1.82, 2.24) is 14.9 Å². The summed E-state index contributed by atoms with van der Waals surface area (Å²) in [6, 6.07) is 12.7. The zero-order chi connectivity index (χ0) is 23.7. The Kier molecular flexibility index (Phi) is 9.52. The quantitative estimate of drug-likeness (QED) is 0.495. The number of hydrogen-bond donors (Lipinski definition) is 2. The van der Waals surface area contributed by atoms with Crippen LogP contribution < -0.4 is 14.8 Å². The first kappa shape index (κ1) is 25.5. The molecule has 33 heavy (non-hydrogen) atoms. The molecule has 1 unspecified atom stereocenters. The molecule has 10 heteroatoms. The molecule has 180 valence electrons. The molecular formula is C23H30ClN3O5S. The number of hydrogen-bond acceptors (Lipinski definition) is 6. The van der Waals surface area contributed by atoms with E-state index in [0.717, 1.165) is 18.7 Å². The summed E-state index contributed by atoms with van der Waals surface area (Å²) in [5.74, 6) is -0.212. The third-order valence-electron chi connectivity index (χ3n) is 5.22. The smallest absolute Gasteiger partial charge is 0.245 e. The van der Waals surface area contributed by atoms with Crippen LogP contribution in [0.2, 0.25) is 5.02 Å². The number of morpholine rings is 1. The van der Waals surface area contributed by atoms with Gasteiger partial charge < -0.3 is 14.8 Å². The van der Waals surface area contributed by atoms with E-state index >= 15 is 0 Å². The molecule has 0 spiro atoms. The highest BCUT2D eigenvalue weighted by molar-refractivity contribution is 7.89. The Bertz CT molecular complexity index is 1010. The lowest BCUT2D eigenvalue weighted by atomic mass is 10.1. The summed E-state index contributed by atoms with van der Waals surface area (Å²) in [6.45, 7) is 6.10. The molecule has 1 atom stereocenters. The van der Waals surface area contributed by atoms with E-state index < -0.39 is 22.0 Å². The minimum atomic E-state index is -4.09. The van der Waals surface area contributed by atoms with E-state index in [9.17, 15) is 13.2 Å². The van der Waals surface area contributed by atoms with Gasteiger partial charge in [-0.2, -0.15) is 4.72 Å². The molecule has 0 aliphatic carbocycles. The van der Waals surface area contributed by atoms with Gasteiger partial charge in [-0.05, 0) is 37.1 Å². The number of sulfonamides is 1. The second kappa shape index (κ2) is 12.3. The van der Waals surface area contributed by atoms with E-state index in [4.69, 9.17) is 21.1 Å². The number of ether oxygens (including phenoxy) is 2. The molecule has 0 aromatic heterocycles. The molecule has 1 saturated heterocycles. The van der Waals surface area contributed by atoms with Crippen LogP contribution in [0.15, 0.2) is 53.4 Å². The van der Waals surface area contributed by atoms with Crippen molar-refractivity contribution in [2.75, 3.05) is 46.0 Å². The first-order valence-corrected chi connectivity index (χ1v) is 12.8. The summed E-state index contributed by atoms with van der Waals surface area (Å²) in [5.41, 5.74) is 0.838. The van der Waals surface area contributed by atoms with Gasteiger partial charge >= 0.3 is 0 Å². The fourth-order valence-electron chi connectivity index (χ4n) is 3.54. The molecule has 0 saturated carbocycles. The van der Waals surface area contributed by atoms with Gasteiger partial charge in [0.15, 0.2) is 0 Å². The van der Waals surface area contributed by atoms with Crippen LogP contribution >= 0.6 is 11.6 Å². The van der Waals surface area contributed by atoms with Crippen LogP contribution in [0.3, 0.4) is 0 Å². The lowest BCUT2D eigenvalue weighted by Gasteiger charge is -2.27. The highest BCUT2D eigenvalue weighted by Gasteiger charge is 2.28. The molecule has 2 aromatic rings. The van der Waals surface area contributed by atoms with E-state index in [1.165, 1.54) is 12.1 Å². The van der Waals surface area contributed by atoms with Gasteiger partial charge in [0.05, 0.1) is 19.8 Å². The molecule has 1 aliphatic heterocycles. The molecule has 1 fully saturated rings. The van der Waals surface area contributed by atoms with Crippen molar-refractivity contribution >= 4 is 27.5 Å². The van der Waals surface area contributed by atoms with Crippen LogP contribution in [-0.2, 0) is 26.0 Å². The van der Waals surface area contributed by atoms with E-state index in [-0.39, 0.29) is 22.1 Å². The molecule has 2 aromatic carbocycles. The molecule has 1 heterocycles. The first-order chi connectivity index (χ1) is 15.9. The zero-order valence-corrected chi connectivity index (χ0v) is 20.2. The van der Waals surface area contributed by atoms with Crippen molar-refractivity contribution in [3.63, 3.8) is 0 Å². The Labute approximate surface area is 200 Å². The van der Waals surface area contributed by atoms with E-state index in [2.05, 4.69) is 14.9 Å². The minimum Gasteiger partial charge on any atom is -0.492 e. The van der Waals surface area contributed by atoms with Crippen molar-refractivity contribution in [3.05, 3.63) is 59.1 Å². The van der Waals surface area contributed by atoms with E-state index in [1.54, 1.807) is 13.0 Å². The number of halogens is 1. The fraction of sp³-hybridized carbons (Fsp3) is 0.435. The molecular weight excluding hydrogens is 466 g/mol. The second-order valence-electron chi connectivity index (χ2n) is 7.63. The summed E-state index contributed by atoms with van der Waals surface area (Å²) in [7, 11) is -4.09. The van der Waals surface area contributed by atoms with Gasteiger partial charge in [-0.1, -0.05) is 41.9 Å². The molecule has 1 aliphatic rings. The Balaban J connectivity index is 1.75. The molecule has 0 radical (unpaired) electrons. The number of nitrogens with zero attached hydrogens (tertiary/aromatic N) is 1. The molecule has 0 bridgehead atoms. The fourth-order valence-corrected chi connectivity index (χ4v) is 5.14. The van der Waals surface area contributed by atoms with Crippen LogP contribution in [-0.4, -0.2) is 71.3 Å². The van der Waals surface area contributed by atoms with Crippen molar-refractivity contribution in [2.45, 2.75) is 24.3 Å². The highest BCUT2D eigenvalue weighted by atomic mass is 35.5. The van der Waals surface area contributed by atoms with Gasteiger partial charge in [0, 0.05) is 31.2 Å². The maximum atomic E-state index is 13.3. The van der Waals surface area contributed by atoms with Crippen LogP contribution in [0, 0.1) is 0 Å². The average molecular weight is 496 g/mol. The van der Waals surface area contributed by atoms with E-state index in [1.807, 2.05) is 30.3 Å². The molecule has 2 N–H and O–H groups in total. The van der Waals surface area contributed by atoms with Crippen molar-refractivity contribution in [1.29, 1.82) is 0 Å². The van der Waals surface area contributed by atoms with Crippen LogP contribution in [0.5, 0.6) is 5.75 Å². The van der Waals surface area contributed by atoms with Gasteiger partial charge in [-0.15, -0.1) is 0 Å². The van der Waals surface area contributed by atoms with Crippen molar-refractivity contribution in [2.24, 2.45) is 0 Å². The topological polar surface area (TPSA) is 97.0 Å². The molecule has 3 rings (SSSR count). The summed E-state index contributed by atoms with van der Waals surface area (Å²) in [5, 5.41) is 3.13. The largest absolute Gasteiger partial charge is 0.492 e. The summed E-state index contributed by atoms with van der Waals surface area (Å²) in [4.78, 5) is 15.1. The maximum absolute atomic E-state index is 13.3. The van der Waals surface area contributed by atoms with Gasteiger partial charge in [-0.3, -0.25) is 9.69 Å². The van der Waals surface area contributed by atoms with Crippen LogP contribution in [0.4, 0.5) is 0 Å². The summed E-state index contributed by atoms with van der Waals surface area (Å²) < 4.78 is 39.9. The number of nitrogens with one attached hydrogen (secondary N) is 2. The lowest BCUT2D eigenvalue weighted by Crippen LogP contribution is -2.50. The van der Waals surface area contributed by atoms with Crippen LogP contribution in [0.25, 0.3) is 0 Å². The number of carbonyl (C=O) groups is 1. The van der Waals surface area contributed by atoms with Gasteiger partial charge in [0.25, 0.3) is 0 Å². The third-order valence-corrected chi connectivity index (χ3v) is 6.95. The van der Waals surface area contributed by atoms with Crippen LogP contribution in [0.1, 0.15) is 12.5 Å². The van der Waals surface area contributed by atoms with Crippen molar-refractivity contribution in [3.8, 4) is 5.75 Å². The Hall–Kier alpha value is -2.17. The average Bonchev–Trinajstić information content (AvgIpc) is 2.81. The first-order valence-electron chi connectivity index (χ1n) is 11.0. The van der Waals surface area contributed by atoms with Gasteiger partial charge in [0.1, 0.15) is 16.7 Å². The number of benzene rings is 2. The monoisotopic (exact) mass is 495 g/mol. The number of carbonyl (C=O) groups excluding carboxylic acids is 1. The predicted molar refractivity (Wildman–Crippen MR) is 127 cm³/mol. The van der Waals surface area contributed by atoms with E-state index in [0.29, 0.717) is 32.9 Å².